The number of benzene rings is 2. The second kappa shape index (κ2) is 34.1. The van der Waals surface area contributed by atoms with Gasteiger partial charge >= 0.3 is 36.1 Å². The van der Waals surface area contributed by atoms with Gasteiger partial charge in [-0.3, -0.25) is 38.4 Å². The topological polar surface area (TPSA) is 386 Å². The van der Waals surface area contributed by atoms with Crippen molar-refractivity contribution in [3.05, 3.63) is 95.1 Å². The molecule has 7 atom stereocenters. The van der Waals surface area contributed by atoms with Gasteiger partial charge in [0.1, 0.15) is 29.3 Å². The number of amides is 7. The van der Waals surface area contributed by atoms with Crippen LogP contribution in [0.15, 0.2) is 67.0 Å². The lowest BCUT2D eigenvalue weighted by molar-refractivity contribution is -0.282. The van der Waals surface area contributed by atoms with Crippen molar-refractivity contribution in [2.24, 2.45) is 14.1 Å². The zero-order valence-corrected chi connectivity index (χ0v) is 61.1. The molecule has 4 aromatic rings. The molecule has 7 amide bonds. The average molecular weight is 1440 g/mol. The SMILES string of the molecule is C=C1C[C@H]2C(O)N(C(=O)OCc3ccc(O[C@@H]4O[C@H](C(=O)OC)[C@@H](OC(C)=O)[C@H](OC(C)=O)[C@H]4OC(C)=O)c(C(=O)NCCCNC(=O)OC(C)(C)C)c3)c3cc(OCCCC(=O)Nc4cc(C(=O)Nc5cc(C(=O)NCCCO[Si](C)(C)C(C)(C)C)n(C)c5)n(C)c4)c(OC)cc3C(=O)N2C1. The fraction of sp³-hybridized carbons (Fsp3) is 0.522. The van der Waals surface area contributed by atoms with E-state index < -0.39 is 123 Å². The number of fused-ring (bicyclic) bond motifs is 2. The van der Waals surface area contributed by atoms with Gasteiger partial charge in [0.2, 0.25) is 18.3 Å². The van der Waals surface area contributed by atoms with Crippen LogP contribution in [0.25, 0.3) is 0 Å². The first kappa shape index (κ1) is 79.3. The molecule has 32 nitrogen and oxygen atoms in total. The van der Waals surface area contributed by atoms with Crippen LogP contribution < -0.4 is 45.7 Å². The third kappa shape index (κ3) is 20.6. The van der Waals surface area contributed by atoms with Crippen molar-refractivity contribution in [1.29, 1.82) is 0 Å². The van der Waals surface area contributed by atoms with Gasteiger partial charge in [0.25, 0.3) is 23.6 Å². The number of aliphatic hydroxyl groups excluding tert-OH is 1. The van der Waals surface area contributed by atoms with Gasteiger partial charge in [-0.2, -0.15) is 0 Å². The smallest absolute Gasteiger partial charge is 0.416 e. The summed E-state index contributed by atoms with van der Waals surface area (Å²) in [4.78, 5) is 149. The van der Waals surface area contributed by atoms with Crippen LogP contribution in [0.2, 0.25) is 18.1 Å². The standard InChI is InChI=1S/C69H93N9O23Si/c1-38-28-50-63(87)78(67(90)94-37-42-21-22-51(46(29-42)59(83)70-23-18-24-72-66(89)101-68(5,6)7)99-65-58(98-41(4)81)56(97-40(3)80)55(96-39(2)79)57(100-65)64(88)92-14)47-33-53(52(91-13)32-45(47)62(86)77(50)34-38)93-26-17-20-54(82)73-43-30-49(76(12)35-43)61(85)74-44-31-48(75(11)36-44)60(84)71-25-19-27-95-102(15,16)69(8,9)10/h21-22,29-33,35-36,50,55-58,63,65,87H,1,17-20,23-28,34,37H2,2-16H3,(H,70,83)(H,71,84)(H,72,89)(H,73,82)(H,74,85)/t50-,55-,56-,57-,58+,63?,65+/m0/s1. The fourth-order valence-corrected chi connectivity index (χ4v) is 12.1. The highest BCUT2D eigenvalue weighted by Crippen LogP contribution is 2.43. The summed E-state index contributed by atoms with van der Waals surface area (Å²) in [6.07, 6.45) is -8.50. The van der Waals surface area contributed by atoms with E-state index in [0.717, 1.165) is 32.8 Å². The molecule has 0 radical (unpaired) electrons. The van der Waals surface area contributed by atoms with Crippen LogP contribution in [0.4, 0.5) is 26.7 Å². The highest BCUT2D eigenvalue weighted by atomic mass is 28.4. The molecular formula is C69H93N9O23Si. The molecule has 7 rings (SSSR count). The van der Waals surface area contributed by atoms with Crippen molar-refractivity contribution in [2.75, 3.05) is 69.1 Å². The van der Waals surface area contributed by atoms with Gasteiger partial charge in [-0.1, -0.05) is 39.0 Å². The molecule has 0 aliphatic carbocycles. The summed E-state index contributed by atoms with van der Waals surface area (Å²) in [5, 5.41) is 26.1. The predicted octanol–water partition coefficient (Wildman–Crippen LogP) is 6.53. The van der Waals surface area contributed by atoms with E-state index >= 15 is 0 Å². The minimum atomic E-state index is -1.92. The highest BCUT2D eigenvalue weighted by Gasteiger charge is 2.56. The normalized spacial score (nSPS) is 18.8. The van der Waals surface area contributed by atoms with E-state index in [2.05, 4.69) is 67.0 Å². The van der Waals surface area contributed by atoms with Crippen molar-refractivity contribution in [3.63, 3.8) is 0 Å². The second-order valence-electron chi connectivity index (χ2n) is 27.1. The summed E-state index contributed by atoms with van der Waals surface area (Å²) in [5.74, 6) is -6.86. The lowest BCUT2D eigenvalue weighted by atomic mass is 9.97. The Bertz CT molecular complexity index is 3810. The third-order valence-corrected chi connectivity index (χ3v) is 21.4. The molecule has 6 N–H and O–H groups in total. The highest BCUT2D eigenvalue weighted by molar-refractivity contribution is 6.74. The Labute approximate surface area is 591 Å². The number of aryl methyl sites for hydroxylation is 2. The molecule has 102 heavy (non-hydrogen) atoms. The third-order valence-electron chi connectivity index (χ3n) is 16.9. The number of carbonyl (C=O) groups is 11. The molecular weight excluding hydrogens is 1350 g/mol. The summed E-state index contributed by atoms with van der Waals surface area (Å²) in [7, 11) is 3.74. The Hall–Kier alpha value is -9.99. The minimum absolute atomic E-state index is 0.0112. The van der Waals surface area contributed by atoms with Gasteiger partial charge in [0, 0.05) is 92.5 Å². The number of methoxy groups -OCH3 is 2. The Kier molecular flexibility index (Phi) is 26.5. The van der Waals surface area contributed by atoms with E-state index in [4.69, 9.17) is 51.8 Å². The van der Waals surface area contributed by atoms with Crippen LogP contribution in [0, 0.1) is 0 Å². The quantitative estimate of drug-likeness (QED) is 0.0116. The molecule has 2 aromatic heterocycles. The minimum Gasteiger partial charge on any atom is -0.493 e. The molecule has 2 saturated heterocycles. The van der Waals surface area contributed by atoms with Gasteiger partial charge in [0.05, 0.1) is 55.1 Å². The lowest BCUT2D eigenvalue weighted by Crippen LogP contribution is -2.64. The number of esters is 4. The second-order valence-corrected chi connectivity index (χ2v) is 31.9. The van der Waals surface area contributed by atoms with Gasteiger partial charge in [-0.05, 0) is 100 Å². The van der Waals surface area contributed by atoms with Crippen LogP contribution in [0.1, 0.15) is 142 Å². The molecule has 2 aromatic carbocycles. The van der Waals surface area contributed by atoms with Crippen LogP contribution in [0.3, 0.4) is 0 Å². The molecule has 0 spiro atoms. The zero-order chi connectivity index (χ0) is 75.3. The number of nitrogens with one attached hydrogen (secondary N) is 5. The predicted molar refractivity (Wildman–Crippen MR) is 368 cm³/mol. The first-order valence-electron chi connectivity index (χ1n) is 33.0. The Morgan fingerprint density at radius 2 is 1.31 bits per heavy atom. The summed E-state index contributed by atoms with van der Waals surface area (Å²) in [6, 6.07) is 8.61. The largest absolute Gasteiger partial charge is 0.493 e. The zero-order valence-electron chi connectivity index (χ0n) is 60.1. The van der Waals surface area contributed by atoms with E-state index in [0.29, 0.717) is 42.2 Å². The van der Waals surface area contributed by atoms with Gasteiger partial charge in [-0.25, -0.2) is 19.3 Å². The number of aromatic nitrogens is 2. The summed E-state index contributed by atoms with van der Waals surface area (Å²) < 4.78 is 65.9. The van der Waals surface area contributed by atoms with E-state index in [1.807, 2.05) is 0 Å². The number of ether oxygens (including phenoxy) is 10. The maximum absolute atomic E-state index is 14.7. The first-order chi connectivity index (χ1) is 47.9. The molecule has 556 valence electrons. The van der Waals surface area contributed by atoms with Crippen LogP contribution in [-0.4, -0.2) is 195 Å². The number of nitrogens with zero attached hydrogens (tertiary/aromatic N) is 4. The van der Waals surface area contributed by atoms with E-state index in [1.165, 1.54) is 53.0 Å². The van der Waals surface area contributed by atoms with Crippen molar-refractivity contribution < 1.29 is 110 Å². The van der Waals surface area contributed by atoms with Crippen molar-refractivity contribution in [2.45, 2.75) is 168 Å². The lowest BCUT2D eigenvalue weighted by Gasteiger charge is -2.43. The number of anilines is 3. The number of rotatable bonds is 28. The summed E-state index contributed by atoms with van der Waals surface area (Å²) in [5.41, 5.74) is 0.677. The van der Waals surface area contributed by atoms with Crippen molar-refractivity contribution in [3.8, 4) is 17.2 Å². The number of hydrogen-bond donors (Lipinski definition) is 6. The van der Waals surface area contributed by atoms with E-state index in [9.17, 15) is 57.8 Å². The Balaban J connectivity index is 1.06. The Morgan fingerprint density at radius 3 is 1.94 bits per heavy atom. The molecule has 5 heterocycles. The van der Waals surface area contributed by atoms with Gasteiger partial charge in [-0.15, -0.1) is 0 Å². The van der Waals surface area contributed by atoms with Gasteiger partial charge in [0.15, 0.2) is 44.4 Å². The van der Waals surface area contributed by atoms with Crippen LogP contribution >= 0.6 is 0 Å². The number of hydrogen-bond acceptors (Lipinski definition) is 23. The van der Waals surface area contributed by atoms with Crippen molar-refractivity contribution >= 4 is 91.0 Å². The maximum Gasteiger partial charge on any atom is 0.416 e. The molecule has 2 fully saturated rings. The van der Waals surface area contributed by atoms with Crippen LogP contribution in [0.5, 0.6) is 17.2 Å². The summed E-state index contributed by atoms with van der Waals surface area (Å²) in [6.45, 7) is 23.2. The number of carbonyl (C=O) groups excluding carboxylic acids is 11. The number of aliphatic hydroxyl groups is 1. The van der Waals surface area contributed by atoms with Crippen LogP contribution in [-0.2, 0) is 82.3 Å². The average Bonchev–Trinajstić information content (AvgIpc) is 1.53. The Morgan fingerprint density at radius 1 is 0.706 bits per heavy atom. The molecule has 3 aliphatic heterocycles. The molecule has 1 unspecified atom stereocenters. The van der Waals surface area contributed by atoms with E-state index in [-0.39, 0.29) is 108 Å². The fourth-order valence-electron chi connectivity index (χ4n) is 11.0. The van der Waals surface area contributed by atoms with E-state index in [1.54, 1.807) is 57.9 Å². The molecule has 33 heteroatoms. The molecule has 0 bridgehead atoms. The first-order valence-corrected chi connectivity index (χ1v) is 35.9. The van der Waals surface area contributed by atoms with Gasteiger partial charge < -0.3 is 97.5 Å². The molecule has 3 aliphatic rings. The molecule has 0 saturated carbocycles. The monoisotopic (exact) mass is 1440 g/mol. The summed E-state index contributed by atoms with van der Waals surface area (Å²) >= 11 is 0. The van der Waals surface area contributed by atoms with Crippen molar-refractivity contribution in [1.82, 2.24) is 30.0 Å². The maximum atomic E-state index is 14.7. The number of alkyl carbamates (subject to hydrolysis) is 1.